The number of nitrogens with one attached hydrogen (secondary N) is 1. The van der Waals surface area contributed by atoms with Crippen LogP contribution in [0.2, 0.25) is 5.02 Å². The number of hydrogen-bond donors (Lipinski definition) is 2. The second-order valence-electron chi connectivity index (χ2n) is 2.70. The molecular formula is C9H11ClN2O2. The van der Waals surface area contributed by atoms with Crippen molar-refractivity contribution < 1.29 is 9.53 Å². The van der Waals surface area contributed by atoms with Gasteiger partial charge in [-0.2, -0.15) is 0 Å². The Morgan fingerprint density at radius 1 is 1.64 bits per heavy atom. The number of amides is 1. The number of benzene rings is 1. The van der Waals surface area contributed by atoms with Crippen LogP contribution in [-0.2, 0) is 11.2 Å². The summed E-state index contributed by atoms with van der Waals surface area (Å²) in [7, 11) is 1.55. The molecule has 76 valence electrons. The molecule has 1 amide bonds. The fraction of sp³-hybridized carbons (Fsp3) is 0.222. The van der Waals surface area contributed by atoms with E-state index in [0.29, 0.717) is 10.8 Å². The summed E-state index contributed by atoms with van der Waals surface area (Å²) in [5.41, 5.74) is 2.76. The summed E-state index contributed by atoms with van der Waals surface area (Å²) in [4.78, 5) is 11.0. The minimum absolute atomic E-state index is 0.166. The van der Waals surface area contributed by atoms with Crippen molar-refractivity contribution in [3.05, 3.63) is 28.8 Å². The van der Waals surface area contributed by atoms with E-state index in [1.54, 1.807) is 25.3 Å². The maximum atomic E-state index is 11.0. The van der Waals surface area contributed by atoms with Crippen LogP contribution in [0.15, 0.2) is 18.2 Å². The monoisotopic (exact) mass is 214 g/mol. The van der Waals surface area contributed by atoms with Gasteiger partial charge in [-0.05, 0) is 17.7 Å². The summed E-state index contributed by atoms with van der Waals surface area (Å²) >= 11 is 5.91. The number of hydrogen-bond acceptors (Lipinski definition) is 3. The molecule has 0 radical (unpaired) electrons. The predicted molar refractivity (Wildman–Crippen MR) is 54.0 cm³/mol. The summed E-state index contributed by atoms with van der Waals surface area (Å²) in [5, 5.41) is 0.493. The first-order chi connectivity index (χ1) is 6.67. The first-order valence-electron chi connectivity index (χ1n) is 3.99. The van der Waals surface area contributed by atoms with Gasteiger partial charge in [-0.3, -0.25) is 10.2 Å². The van der Waals surface area contributed by atoms with E-state index in [4.69, 9.17) is 22.2 Å². The average Bonchev–Trinajstić information content (AvgIpc) is 2.20. The number of methoxy groups -OCH3 is 1. The molecule has 1 aromatic rings. The molecule has 5 heteroatoms. The zero-order chi connectivity index (χ0) is 10.6. The first kappa shape index (κ1) is 10.8. The molecule has 0 atom stereocenters. The molecule has 0 aromatic heterocycles. The van der Waals surface area contributed by atoms with Crippen molar-refractivity contribution in [3.8, 4) is 5.75 Å². The molecule has 0 fully saturated rings. The highest BCUT2D eigenvalue weighted by Gasteiger charge is 2.06. The van der Waals surface area contributed by atoms with Crippen molar-refractivity contribution in [3.63, 3.8) is 0 Å². The zero-order valence-corrected chi connectivity index (χ0v) is 8.47. The average molecular weight is 215 g/mol. The van der Waals surface area contributed by atoms with Crippen LogP contribution in [0.3, 0.4) is 0 Å². The standard InChI is InChI=1S/C9H11ClN2O2/c1-14-7-3-2-6(8(10)5-7)4-9(13)12-11/h2-3,5H,4,11H2,1H3,(H,12,13). The van der Waals surface area contributed by atoms with Gasteiger partial charge < -0.3 is 4.74 Å². The minimum atomic E-state index is -0.280. The molecule has 0 unspecified atom stereocenters. The quantitative estimate of drug-likeness (QED) is 0.446. The molecule has 1 rings (SSSR count). The van der Waals surface area contributed by atoms with E-state index < -0.39 is 0 Å². The molecule has 0 bridgehead atoms. The Kier molecular flexibility index (Phi) is 3.73. The molecule has 4 nitrogen and oxygen atoms in total. The molecule has 0 aliphatic rings. The Hall–Kier alpha value is -1.26. The van der Waals surface area contributed by atoms with Gasteiger partial charge in [-0.1, -0.05) is 17.7 Å². The maximum Gasteiger partial charge on any atom is 0.238 e. The van der Waals surface area contributed by atoms with Crippen LogP contribution in [0.25, 0.3) is 0 Å². The van der Waals surface area contributed by atoms with Crippen LogP contribution in [0.1, 0.15) is 5.56 Å². The van der Waals surface area contributed by atoms with Gasteiger partial charge in [-0.25, -0.2) is 5.84 Å². The SMILES string of the molecule is COc1ccc(CC(=O)NN)c(Cl)c1. The smallest absolute Gasteiger partial charge is 0.238 e. The lowest BCUT2D eigenvalue weighted by molar-refractivity contribution is -0.120. The third kappa shape index (κ3) is 2.61. The molecule has 0 saturated carbocycles. The lowest BCUT2D eigenvalue weighted by Gasteiger charge is -2.05. The highest BCUT2D eigenvalue weighted by molar-refractivity contribution is 6.31. The third-order valence-electron chi connectivity index (χ3n) is 1.77. The molecule has 0 spiro atoms. The normalized spacial score (nSPS) is 9.64. The number of hydrazine groups is 1. The number of carbonyl (C=O) groups excluding carboxylic acids is 1. The molecule has 0 heterocycles. The molecule has 1 aromatic carbocycles. The lowest BCUT2D eigenvalue weighted by Crippen LogP contribution is -2.31. The van der Waals surface area contributed by atoms with E-state index in [0.717, 1.165) is 5.56 Å². The summed E-state index contributed by atoms with van der Waals surface area (Å²) in [6.07, 6.45) is 0.166. The van der Waals surface area contributed by atoms with E-state index >= 15 is 0 Å². The van der Waals surface area contributed by atoms with E-state index in [2.05, 4.69) is 0 Å². The lowest BCUT2D eigenvalue weighted by atomic mass is 10.1. The summed E-state index contributed by atoms with van der Waals surface area (Å²) in [6.45, 7) is 0. The highest BCUT2D eigenvalue weighted by Crippen LogP contribution is 2.22. The zero-order valence-electron chi connectivity index (χ0n) is 7.71. The third-order valence-corrected chi connectivity index (χ3v) is 2.12. The van der Waals surface area contributed by atoms with Gasteiger partial charge in [0.25, 0.3) is 0 Å². The number of halogens is 1. The Morgan fingerprint density at radius 3 is 2.86 bits per heavy atom. The molecule has 3 N–H and O–H groups in total. The van der Waals surface area contributed by atoms with Gasteiger partial charge in [0.05, 0.1) is 13.5 Å². The van der Waals surface area contributed by atoms with Gasteiger partial charge >= 0.3 is 0 Å². The molecule has 0 aliphatic carbocycles. The Bertz CT molecular complexity index is 342. The van der Waals surface area contributed by atoms with Crippen LogP contribution in [-0.4, -0.2) is 13.0 Å². The van der Waals surface area contributed by atoms with Gasteiger partial charge in [-0.15, -0.1) is 0 Å². The number of carbonyl (C=O) groups is 1. The first-order valence-corrected chi connectivity index (χ1v) is 4.37. The van der Waals surface area contributed by atoms with Crippen LogP contribution in [0.4, 0.5) is 0 Å². The summed E-state index contributed by atoms with van der Waals surface area (Å²) in [6, 6.07) is 5.13. The fourth-order valence-electron chi connectivity index (χ4n) is 1.02. The predicted octanol–water partition coefficient (Wildman–Crippen LogP) is 0.881. The number of nitrogens with two attached hydrogens (primary N) is 1. The largest absolute Gasteiger partial charge is 0.497 e. The molecule has 0 saturated heterocycles. The van der Waals surface area contributed by atoms with Gasteiger partial charge in [0.1, 0.15) is 5.75 Å². The Balaban J connectivity index is 2.83. The van der Waals surface area contributed by atoms with Gasteiger partial charge in [0, 0.05) is 5.02 Å². The molecular weight excluding hydrogens is 204 g/mol. The molecule has 0 aliphatic heterocycles. The van der Waals surface area contributed by atoms with E-state index in [-0.39, 0.29) is 12.3 Å². The molecule has 14 heavy (non-hydrogen) atoms. The summed E-state index contributed by atoms with van der Waals surface area (Å²) in [5.74, 6) is 5.34. The van der Waals surface area contributed by atoms with E-state index in [1.165, 1.54) is 0 Å². The Morgan fingerprint density at radius 2 is 2.36 bits per heavy atom. The second kappa shape index (κ2) is 4.83. The van der Waals surface area contributed by atoms with E-state index in [9.17, 15) is 4.79 Å². The van der Waals surface area contributed by atoms with Crippen LogP contribution in [0, 0.1) is 0 Å². The van der Waals surface area contributed by atoms with Crippen molar-refractivity contribution in [2.75, 3.05) is 7.11 Å². The maximum absolute atomic E-state index is 11.0. The number of rotatable bonds is 3. The topological polar surface area (TPSA) is 64.3 Å². The minimum Gasteiger partial charge on any atom is -0.497 e. The summed E-state index contributed by atoms with van der Waals surface area (Å²) < 4.78 is 4.97. The Labute approximate surface area is 87.0 Å². The number of ether oxygens (including phenoxy) is 1. The second-order valence-corrected chi connectivity index (χ2v) is 3.11. The van der Waals surface area contributed by atoms with Crippen molar-refractivity contribution >= 4 is 17.5 Å². The van der Waals surface area contributed by atoms with E-state index in [1.807, 2.05) is 5.43 Å². The van der Waals surface area contributed by atoms with Crippen molar-refractivity contribution in [2.45, 2.75) is 6.42 Å². The van der Waals surface area contributed by atoms with Crippen molar-refractivity contribution in [1.29, 1.82) is 0 Å². The van der Waals surface area contributed by atoms with Gasteiger partial charge in [0.2, 0.25) is 5.91 Å². The highest BCUT2D eigenvalue weighted by atomic mass is 35.5. The fourth-order valence-corrected chi connectivity index (χ4v) is 1.26. The van der Waals surface area contributed by atoms with Crippen LogP contribution in [0.5, 0.6) is 5.75 Å². The van der Waals surface area contributed by atoms with Crippen molar-refractivity contribution in [1.82, 2.24) is 5.43 Å². The van der Waals surface area contributed by atoms with Crippen LogP contribution < -0.4 is 16.0 Å². The van der Waals surface area contributed by atoms with Crippen molar-refractivity contribution in [2.24, 2.45) is 5.84 Å². The van der Waals surface area contributed by atoms with Gasteiger partial charge in [0.15, 0.2) is 0 Å². The van der Waals surface area contributed by atoms with Crippen LogP contribution >= 0.6 is 11.6 Å².